The van der Waals surface area contributed by atoms with E-state index in [4.69, 9.17) is 4.98 Å². The molecule has 4 aromatic rings. The molecular formula is C31H33N5. The minimum atomic E-state index is 0.390. The van der Waals surface area contributed by atoms with Crippen LogP contribution in [0.25, 0.3) is 22.6 Å². The molecule has 0 saturated heterocycles. The number of anilines is 1. The molecule has 0 radical (unpaired) electrons. The van der Waals surface area contributed by atoms with Gasteiger partial charge in [-0.2, -0.15) is 9.61 Å². The summed E-state index contributed by atoms with van der Waals surface area (Å²) in [6, 6.07) is 18.9. The second-order valence-electron chi connectivity index (χ2n) is 9.66. The molecule has 0 spiro atoms. The first-order chi connectivity index (χ1) is 17.5. The fraction of sp³-hybridized carbons (Fsp3) is 0.226. The van der Waals surface area contributed by atoms with Crippen LogP contribution in [-0.4, -0.2) is 27.7 Å². The van der Waals surface area contributed by atoms with Gasteiger partial charge in [0.05, 0.1) is 11.9 Å². The lowest BCUT2D eigenvalue weighted by Crippen LogP contribution is -2.21. The van der Waals surface area contributed by atoms with Crippen molar-refractivity contribution in [2.45, 2.75) is 27.2 Å². The normalized spacial score (nSPS) is 15.1. The maximum atomic E-state index is 4.93. The number of aromatic nitrogens is 3. The van der Waals surface area contributed by atoms with Crippen molar-refractivity contribution < 1.29 is 0 Å². The molecule has 5 heteroatoms. The number of fused-ring (bicyclic) bond motifs is 1. The number of nitrogens with zero attached hydrogens (tertiary/aromatic N) is 3. The van der Waals surface area contributed by atoms with Crippen LogP contribution in [-0.2, 0) is 0 Å². The highest BCUT2D eigenvalue weighted by Crippen LogP contribution is 2.27. The second kappa shape index (κ2) is 10.2. The van der Waals surface area contributed by atoms with Crippen LogP contribution in [0.5, 0.6) is 0 Å². The highest BCUT2D eigenvalue weighted by Gasteiger charge is 2.15. The van der Waals surface area contributed by atoms with Gasteiger partial charge in [-0.1, -0.05) is 78.4 Å². The number of hydrogen-bond donors (Lipinski definition) is 2. The first-order valence-corrected chi connectivity index (χ1v) is 12.5. The fourth-order valence-electron chi connectivity index (χ4n) is 4.68. The first-order valence-electron chi connectivity index (χ1n) is 12.5. The van der Waals surface area contributed by atoms with Crippen molar-refractivity contribution in [3.05, 3.63) is 113 Å². The topological polar surface area (TPSA) is 54.2 Å². The lowest BCUT2D eigenvalue weighted by atomic mass is 9.94. The number of rotatable bonds is 8. The van der Waals surface area contributed by atoms with Crippen molar-refractivity contribution in [1.82, 2.24) is 19.9 Å². The van der Waals surface area contributed by atoms with Crippen LogP contribution in [0.3, 0.4) is 0 Å². The Bertz CT molecular complexity index is 1470. The van der Waals surface area contributed by atoms with Gasteiger partial charge in [0, 0.05) is 36.0 Å². The zero-order valence-corrected chi connectivity index (χ0v) is 21.3. The molecule has 2 aromatic heterocycles. The molecule has 1 aliphatic carbocycles. The Morgan fingerprint density at radius 2 is 1.92 bits per heavy atom. The number of aryl methyl sites for hydroxylation is 3. The van der Waals surface area contributed by atoms with Gasteiger partial charge < -0.3 is 10.6 Å². The summed E-state index contributed by atoms with van der Waals surface area (Å²) in [5.74, 6) is 1.35. The third-order valence-electron chi connectivity index (χ3n) is 6.75. The van der Waals surface area contributed by atoms with Crippen molar-refractivity contribution in [2.24, 2.45) is 5.92 Å². The van der Waals surface area contributed by atoms with Gasteiger partial charge in [0.25, 0.3) is 0 Å². The van der Waals surface area contributed by atoms with Crippen LogP contribution in [0.2, 0.25) is 0 Å². The van der Waals surface area contributed by atoms with E-state index in [1.807, 2.05) is 10.7 Å². The molecule has 36 heavy (non-hydrogen) atoms. The average molecular weight is 476 g/mol. The zero-order valence-electron chi connectivity index (χ0n) is 21.3. The smallest absolute Gasteiger partial charge is 0.160 e. The molecule has 1 aliphatic rings. The van der Waals surface area contributed by atoms with Gasteiger partial charge in [-0.15, -0.1) is 0 Å². The Morgan fingerprint density at radius 1 is 1.06 bits per heavy atom. The molecule has 5 nitrogen and oxygen atoms in total. The van der Waals surface area contributed by atoms with E-state index in [0.29, 0.717) is 5.92 Å². The predicted molar refractivity (Wildman–Crippen MR) is 150 cm³/mol. The van der Waals surface area contributed by atoms with E-state index >= 15 is 0 Å². The number of allylic oxidation sites excluding steroid dienone is 2. The van der Waals surface area contributed by atoms with E-state index in [0.717, 1.165) is 59.1 Å². The predicted octanol–water partition coefficient (Wildman–Crippen LogP) is 6.50. The van der Waals surface area contributed by atoms with Crippen LogP contribution in [0.1, 0.15) is 28.7 Å². The van der Waals surface area contributed by atoms with Crippen LogP contribution in [0, 0.1) is 26.7 Å². The summed E-state index contributed by atoms with van der Waals surface area (Å²) < 4.78 is 1.91. The van der Waals surface area contributed by atoms with Crippen LogP contribution in [0.15, 0.2) is 91.2 Å². The molecule has 0 bridgehead atoms. The van der Waals surface area contributed by atoms with Gasteiger partial charge in [0.1, 0.15) is 5.82 Å². The summed E-state index contributed by atoms with van der Waals surface area (Å²) in [6.45, 7) is 12.1. The molecule has 0 fully saturated rings. The summed E-state index contributed by atoms with van der Waals surface area (Å²) in [5, 5.41) is 11.8. The zero-order chi connectivity index (χ0) is 25.1. The van der Waals surface area contributed by atoms with Crippen LogP contribution in [0.4, 0.5) is 5.82 Å². The average Bonchev–Trinajstić information content (AvgIpc) is 3.27. The Kier molecular flexibility index (Phi) is 6.72. The maximum absolute atomic E-state index is 4.93. The standard InChI is InChI=1S/C31H33N5/c1-21-9-7-13-27(15-21)24(4)32-19-25-11-8-12-26(16-25)20-33-30-17-29(28-14-6-5-10-22(28)2)35-31-23(3)18-34-36(30)31/h5-15,17-18,26,32-33H,4,16,19-20H2,1-3H3. The number of hydrogen-bond acceptors (Lipinski definition) is 4. The lowest BCUT2D eigenvalue weighted by molar-refractivity contribution is 0.649. The highest BCUT2D eigenvalue weighted by atomic mass is 15.3. The minimum Gasteiger partial charge on any atom is -0.381 e. The Hall–Kier alpha value is -4.12. The lowest BCUT2D eigenvalue weighted by Gasteiger charge is -2.21. The van der Waals surface area contributed by atoms with Gasteiger partial charge in [-0.05, 0) is 50.3 Å². The Morgan fingerprint density at radius 3 is 2.75 bits per heavy atom. The van der Waals surface area contributed by atoms with Crippen molar-refractivity contribution in [3.63, 3.8) is 0 Å². The molecular weight excluding hydrogens is 442 g/mol. The van der Waals surface area contributed by atoms with Gasteiger partial charge in [-0.25, -0.2) is 4.98 Å². The summed E-state index contributed by atoms with van der Waals surface area (Å²) >= 11 is 0. The van der Waals surface area contributed by atoms with E-state index in [-0.39, 0.29) is 0 Å². The highest BCUT2D eigenvalue weighted by molar-refractivity contribution is 5.70. The van der Waals surface area contributed by atoms with Gasteiger partial charge in [0.2, 0.25) is 0 Å². The van der Waals surface area contributed by atoms with Crippen LogP contribution >= 0.6 is 0 Å². The van der Waals surface area contributed by atoms with Crippen molar-refractivity contribution >= 4 is 17.2 Å². The molecule has 2 N–H and O–H groups in total. The van der Waals surface area contributed by atoms with Gasteiger partial charge in [0.15, 0.2) is 5.65 Å². The van der Waals surface area contributed by atoms with Crippen molar-refractivity contribution in [2.75, 3.05) is 18.4 Å². The Balaban J connectivity index is 1.26. The largest absolute Gasteiger partial charge is 0.381 e. The molecule has 182 valence electrons. The van der Waals surface area contributed by atoms with E-state index in [1.54, 1.807) is 0 Å². The molecule has 0 saturated carbocycles. The molecule has 1 unspecified atom stereocenters. The quantitative estimate of drug-likeness (QED) is 0.306. The molecule has 5 rings (SSSR count). The van der Waals surface area contributed by atoms with Crippen molar-refractivity contribution in [1.29, 1.82) is 0 Å². The first kappa shape index (κ1) is 23.6. The van der Waals surface area contributed by atoms with E-state index in [9.17, 15) is 0 Å². The van der Waals surface area contributed by atoms with E-state index in [2.05, 4.69) is 116 Å². The monoisotopic (exact) mass is 475 g/mol. The fourth-order valence-corrected chi connectivity index (χ4v) is 4.68. The number of benzene rings is 2. The molecule has 2 heterocycles. The maximum Gasteiger partial charge on any atom is 0.160 e. The minimum absolute atomic E-state index is 0.390. The second-order valence-corrected chi connectivity index (χ2v) is 9.66. The summed E-state index contributed by atoms with van der Waals surface area (Å²) in [5.41, 5.74) is 9.98. The van der Waals surface area contributed by atoms with Crippen molar-refractivity contribution in [3.8, 4) is 11.3 Å². The molecule has 2 aromatic carbocycles. The third-order valence-corrected chi connectivity index (χ3v) is 6.75. The molecule has 0 aliphatic heterocycles. The third kappa shape index (κ3) is 5.10. The SMILES string of the molecule is C=C(NCC1=CC=CC(CNc2cc(-c3ccccc3C)nc3c(C)cnn23)C1)c1cccc(C)c1. The van der Waals surface area contributed by atoms with Gasteiger partial charge in [-0.3, -0.25) is 0 Å². The van der Waals surface area contributed by atoms with Gasteiger partial charge >= 0.3 is 0 Å². The summed E-state index contributed by atoms with van der Waals surface area (Å²) in [6.07, 6.45) is 9.53. The summed E-state index contributed by atoms with van der Waals surface area (Å²) in [7, 11) is 0. The van der Waals surface area contributed by atoms with E-state index in [1.165, 1.54) is 16.7 Å². The van der Waals surface area contributed by atoms with Crippen LogP contribution < -0.4 is 10.6 Å². The molecule has 0 amide bonds. The Labute approximate surface area is 213 Å². The number of nitrogens with one attached hydrogen (secondary N) is 2. The summed E-state index contributed by atoms with van der Waals surface area (Å²) in [4.78, 5) is 4.93. The molecule has 1 atom stereocenters. The van der Waals surface area contributed by atoms with E-state index < -0.39 is 0 Å².